The molecule has 0 aromatic heterocycles. The van der Waals surface area contributed by atoms with Crippen molar-refractivity contribution in [2.45, 2.75) is 12.8 Å². The Balaban J connectivity index is 3.27. The Morgan fingerprint density at radius 3 is 2.41 bits per heavy atom. The van der Waals surface area contributed by atoms with Crippen LogP contribution in [0, 0.1) is 0 Å². The van der Waals surface area contributed by atoms with Crippen molar-refractivity contribution in [3.8, 4) is 11.5 Å². The second-order valence-corrected chi connectivity index (χ2v) is 4.24. The molecule has 0 spiro atoms. The van der Waals surface area contributed by atoms with E-state index in [9.17, 15) is 4.79 Å². The summed E-state index contributed by atoms with van der Waals surface area (Å²) in [4.78, 5) is 18.4. The second-order valence-electron chi connectivity index (χ2n) is 4.24. The first-order valence-corrected chi connectivity index (χ1v) is 6.27. The number of aliphatic imine (C=N–C) groups is 2. The van der Waals surface area contributed by atoms with Crippen molar-refractivity contribution in [1.82, 2.24) is 0 Å². The minimum atomic E-state index is -0.921. The van der Waals surface area contributed by atoms with Gasteiger partial charge in [-0.1, -0.05) is 0 Å². The van der Waals surface area contributed by atoms with E-state index in [1.54, 1.807) is 12.1 Å². The predicted octanol–water partition coefficient (Wildman–Crippen LogP) is -0.0594. The molecule has 0 amide bonds. The summed E-state index contributed by atoms with van der Waals surface area (Å²) in [5, 5.41) is 8.81. The number of benzene rings is 1. The second kappa shape index (κ2) is 7.72. The van der Waals surface area contributed by atoms with Gasteiger partial charge in [0.1, 0.15) is 0 Å². The smallest absolute Gasteiger partial charge is 0.303 e. The molecular formula is C13H19N5O4. The number of aryl methyl sites for hydroxylation is 1. The number of aliphatic carboxylic acids is 1. The molecule has 9 heteroatoms. The molecule has 0 aliphatic carbocycles. The molecule has 22 heavy (non-hydrogen) atoms. The van der Waals surface area contributed by atoms with Crippen LogP contribution in [0.15, 0.2) is 22.1 Å². The number of carboxylic acid groups (broad SMARTS) is 1. The molecule has 0 fully saturated rings. The summed E-state index contributed by atoms with van der Waals surface area (Å²) in [6.45, 7) is 0. The number of carbonyl (C=O) groups is 1. The largest absolute Gasteiger partial charge is 0.493 e. The molecule has 7 N–H and O–H groups in total. The molecule has 1 aromatic carbocycles. The van der Waals surface area contributed by atoms with Crippen LogP contribution in [-0.2, 0) is 11.2 Å². The molecule has 0 saturated carbocycles. The first kappa shape index (κ1) is 17.1. The summed E-state index contributed by atoms with van der Waals surface area (Å²) in [6, 6.07) is 3.22. The number of ether oxygens (including phenoxy) is 2. The molecule has 0 unspecified atom stereocenters. The van der Waals surface area contributed by atoms with Crippen molar-refractivity contribution < 1.29 is 19.4 Å². The van der Waals surface area contributed by atoms with Gasteiger partial charge in [0.05, 0.1) is 19.9 Å². The van der Waals surface area contributed by atoms with E-state index in [4.69, 9.17) is 31.8 Å². The summed E-state index contributed by atoms with van der Waals surface area (Å²) >= 11 is 0. The van der Waals surface area contributed by atoms with E-state index in [1.807, 2.05) is 0 Å². The van der Waals surface area contributed by atoms with Crippen molar-refractivity contribution in [3.05, 3.63) is 17.7 Å². The van der Waals surface area contributed by atoms with Crippen molar-refractivity contribution in [2.75, 3.05) is 14.2 Å². The van der Waals surface area contributed by atoms with Gasteiger partial charge in [-0.25, -0.2) is 4.99 Å². The summed E-state index contributed by atoms with van der Waals surface area (Å²) in [5.41, 5.74) is 17.1. The van der Waals surface area contributed by atoms with E-state index >= 15 is 0 Å². The molecule has 0 saturated heterocycles. The molecule has 0 atom stereocenters. The number of nitrogens with zero attached hydrogens (tertiary/aromatic N) is 2. The maximum absolute atomic E-state index is 10.7. The monoisotopic (exact) mass is 309 g/mol. The SMILES string of the molecule is COc1cc(N=C(N)N=C(N)N)cc(CCC(=O)O)c1OC. The number of carboxylic acids is 1. The van der Waals surface area contributed by atoms with E-state index in [0.29, 0.717) is 22.7 Å². The predicted molar refractivity (Wildman–Crippen MR) is 82.6 cm³/mol. The Hall–Kier alpha value is -2.97. The van der Waals surface area contributed by atoms with Gasteiger partial charge in [0.2, 0.25) is 5.96 Å². The van der Waals surface area contributed by atoms with Crippen LogP contribution in [0.25, 0.3) is 0 Å². The summed E-state index contributed by atoms with van der Waals surface area (Å²) in [5.74, 6) is -0.413. The molecule has 120 valence electrons. The highest BCUT2D eigenvalue weighted by Gasteiger charge is 2.13. The number of hydrogen-bond donors (Lipinski definition) is 4. The lowest BCUT2D eigenvalue weighted by Crippen LogP contribution is -2.26. The third-order valence-corrected chi connectivity index (χ3v) is 2.64. The summed E-state index contributed by atoms with van der Waals surface area (Å²) in [6.07, 6.45) is 0.191. The van der Waals surface area contributed by atoms with Crippen molar-refractivity contribution in [1.29, 1.82) is 0 Å². The van der Waals surface area contributed by atoms with Crippen molar-refractivity contribution in [2.24, 2.45) is 27.2 Å². The third kappa shape index (κ3) is 4.85. The van der Waals surface area contributed by atoms with E-state index in [0.717, 1.165) is 0 Å². The quantitative estimate of drug-likeness (QED) is 0.423. The number of nitrogens with two attached hydrogens (primary N) is 3. The van der Waals surface area contributed by atoms with Crippen LogP contribution in [0.5, 0.6) is 11.5 Å². The molecule has 0 heterocycles. The molecule has 0 aliphatic heterocycles. The number of hydrogen-bond acceptors (Lipinski definition) is 4. The van der Waals surface area contributed by atoms with Gasteiger partial charge in [-0.2, -0.15) is 4.99 Å². The standard InChI is InChI=1S/C13H19N5O4/c1-21-9-6-8(17-13(16)18-12(14)15)5-7(11(9)22-2)3-4-10(19)20/h5-6H,3-4H2,1-2H3,(H,19,20)(H6,14,15,16,17,18). The highest BCUT2D eigenvalue weighted by molar-refractivity contribution is 5.93. The molecule has 1 aromatic rings. The van der Waals surface area contributed by atoms with Crippen LogP contribution in [0.4, 0.5) is 5.69 Å². The highest BCUT2D eigenvalue weighted by Crippen LogP contribution is 2.36. The molecule has 0 radical (unpaired) electrons. The van der Waals surface area contributed by atoms with Gasteiger partial charge in [0, 0.05) is 18.1 Å². The zero-order chi connectivity index (χ0) is 16.7. The third-order valence-electron chi connectivity index (χ3n) is 2.64. The Kier molecular flexibility index (Phi) is 5.99. The van der Waals surface area contributed by atoms with E-state index in [1.165, 1.54) is 14.2 Å². The molecular weight excluding hydrogens is 290 g/mol. The number of rotatable bonds is 6. The molecule has 0 bridgehead atoms. The average Bonchev–Trinajstić information content (AvgIpc) is 2.43. The van der Waals surface area contributed by atoms with E-state index < -0.39 is 5.97 Å². The van der Waals surface area contributed by atoms with E-state index in [-0.39, 0.29) is 24.8 Å². The first-order chi connectivity index (χ1) is 10.4. The van der Waals surface area contributed by atoms with Crippen LogP contribution in [0.2, 0.25) is 0 Å². The topological polar surface area (TPSA) is 159 Å². The van der Waals surface area contributed by atoms with Crippen LogP contribution >= 0.6 is 0 Å². The van der Waals surface area contributed by atoms with Gasteiger partial charge in [-0.05, 0) is 12.5 Å². The first-order valence-electron chi connectivity index (χ1n) is 6.27. The Bertz CT molecular complexity index is 609. The lowest BCUT2D eigenvalue weighted by Gasteiger charge is -2.13. The van der Waals surface area contributed by atoms with Gasteiger partial charge in [0.25, 0.3) is 0 Å². The van der Waals surface area contributed by atoms with Crippen LogP contribution < -0.4 is 26.7 Å². The zero-order valence-electron chi connectivity index (χ0n) is 12.4. The van der Waals surface area contributed by atoms with Gasteiger partial charge < -0.3 is 31.8 Å². The van der Waals surface area contributed by atoms with Crippen LogP contribution in [0.1, 0.15) is 12.0 Å². The van der Waals surface area contributed by atoms with Gasteiger partial charge in [0.15, 0.2) is 17.5 Å². The average molecular weight is 309 g/mol. The maximum Gasteiger partial charge on any atom is 0.303 e. The van der Waals surface area contributed by atoms with Crippen molar-refractivity contribution >= 4 is 23.6 Å². The molecule has 1 rings (SSSR count). The summed E-state index contributed by atoms with van der Waals surface area (Å²) < 4.78 is 10.5. The van der Waals surface area contributed by atoms with Gasteiger partial charge in [-0.3, -0.25) is 4.79 Å². The van der Waals surface area contributed by atoms with Crippen LogP contribution in [0.3, 0.4) is 0 Å². The van der Waals surface area contributed by atoms with Gasteiger partial charge >= 0.3 is 5.97 Å². The van der Waals surface area contributed by atoms with Crippen LogP contribution in [-0.4, -0.2) is 37.2 Å². The maximum atomic E-state index is 10.7. The number of methoxy groups -OCH3 is 2. The van der Waals surface area contributed by atoms with Crippen molar-refractivity contribution in [3.63, 3.8) is 0 Å². The summed E-state index contributed by atoms with van der Waals surface area (Å²) in [7, 11) is 2.94. The highest BCUT2D eigenvalue weighted by atomic mass is 16.5. The lowest BCUT2D eigenvalue weighted by molar-refractivity contribution is -0.136. The molecule has 0 aliphatic rings. The van der Waals surface area contributed by atoms with Gasteiger partial charge in [-0.15, -0.1) is 0 Å². The minimum absolute atomic E-state index is 0.0595. The Morgan fingerprint density at radius 1 is 1.23 bits per heavy atom. The molecule has 9 nitrogen and oxygen atoms in total. The lowest BCUT2D eigenvalue weighted by atomic mass is 10.1. The Labute approximate surface area is 127 Å². The fraction of sp³-hybridized carbons (Fsp3) is 0.308. The Morgan fingerprint density at radius 2 is 1.91 bits per heavy atom. The fourth-order valence-electron chi connectivity index (χ4n) is 1.81. The normalized spacial score (nSPS) is 10.9. The number of guanidine groups is 2. The minimum Gasteiger partial charge on any atom is -0.493 e. The van der Waals surface area contributed by atoms with E-state index in [2.05, 4.69) is 9.98 Å². The zero-order valence-corrected chi connectivity index (χ0v) is 12.4. The fourth-order valence-corrected chi connectivity index (χ4v) is 1.81.